The largest absolute Gasteiger partial charge is 0.350 e. The highest BCUT2D eigenvalue weighted by molar-refractivity contribution is 8.00. The van der Waals surface area contributed by atoms with Gasteiger partial charge in [-0.2, -0.15) is 10.2 Å². The van der Waals surface area contributed by atoms with Crippen LogP contribution in [0.4, 0.5) is 0 Å². The van der Waals surface area contributed by atoms with Gasteiger partial charge in [0.25, 0.3) is 11.5 Å². The van der Waals surface area contributed by atoms with Gasteiger partial charge in [0.05, 0.1) is 11.5 Å². The van der Waals surface area contributed by atoms with Crippen LogP contribution in [-0.2, 0) is 11.8 Å². The first-order valence-corrected chi connectivity index (χ1v) is 8.56. The van der Waals surface area contributed by atoms with Crippen molar-refractivity contribution >= 4 is 34.8 Å². The zero-order valence-electron chi connectivity index (χ0n) is 14.0. The molecule has 0 fully saturated rings. The molecule has 0 saturated carbocycles. The van der Waals surface area contributed by atoms with Gasteiger partial charge in [-0.3, -0.25) is 14.6 Å². The molecule has 1 atom stereocenters. The van der Waals surface area contributed by atoms with Crippen molar-refractivity contribution in [2.75, 3.05) is 0 Å². The van der Waals surface area contributed by atoms with Gasteiger partial charge < -0.3 is 4.57 Å². The van der Waals surface area contributed by atoms with E-state index in [1.807, 2.05) is 42.1 Å². The molecular formula is C16H16N6O3S. The molecule has 0 bridgehead atoms. The molecule has 2 aromatic heterocycles. The number of hydrogen-bond donors (Lipinski definition) is 3. The molecule has 1 amide bonds. The Morgan fingerprint density at radius 3 is 2.92 bits per heavy atom. The lowest BCUT2D eigenvalue weighted by atomic mass is 10.2. The third-order valence-corrected chi connectivity index (χ3v) is 4.71. The third-order valence-electron chi connectivity index (χ3n) is 3.64. The molecule has 0 aliphatic rings. The summed E-state index contributed by atoms with van der Waals surface area (Å²) in [5, 5.41) is 10.1. The average molecular weight is 372 g/mol. The first-order valence-electron chi connectivity index (χ1n) is 7.68. The van der Waals surface area contributed by atoms with E-state index in [9.17, 15) is 14.4 Å². The third kappa shape index (κ3) is 3.75. The number of hydrogen-bond acceptors (Lipinski definition) is 6. The van der Waals surface area contributed by atoms with E-state index in [0.29, 0.717) is 0 Å². The van der Waals surface area contributed by atoms with Crippen LogP contribution in [0.1, 0.15) is 12.5 Å². The summed E-state index contributed by atoms with van der Waals surface area (Å²) in [6, 6.07) is 7.87. The molecule has 2 heterocycles. The zero-order valence-corrected chi connectivity index (χ0v) is 14.8. The molecule has 26 heavy (non-hydrogen) atoms. The zero-order chi connectivity index (χ0) is 18.7. The Bertz CT molecular complexity index is 1100. The van der Waals surface area contributed by atoms with Crippen molar-refractivity contribution in [3.63, 3.8) is 0 Å². The molecular weight excluding hydrogens is 356 g/mol. The maximum Gasteiger partial charge on any atom is 0.342 e. The van der Waals surface area contributed by atoms with E-state index < -0.39 is 16.5 Å². The second-order valence-electron chi connectivity index (χ2n) is 5.52. The van der Waals surface area contributed by atoms with E-state index >= 15 is 0 Å². The van der Waals surface area contributed by atoms with Crippen molar-refractivity contribution in [3.05, 3.63) is 56.9 Å². The quantitative estimate of drug-likeness (QED) is 0.343. The number of aromatic nitrogens is 4. The number of nitrogens with zero attached hydrogens (tertiary/aromatic N) is 3. The van der Waals surface area contributed by atoms with Gasteiger partial charge in [-0.1, -0.05) is 30.0 Å². The van der Waals surface area contributed by atoms with Crippen LogP contribution in [0.15, 0.2) is 50.2 Å². The molecule has 1 unspecified atom stereocenters. The number of fused-ring (bicyclic) bond motifs is 1. The molecule has 3 rings (SSSR count). The molecule has 9 nitrogen and oxygen atoms in total. The number of aryl methyl sites for hydroxylation is 1. The van der Waals surface area contributed by atoms with Crippen molar-refractivity contribution < 1.29 is 4.79 Å². The number of thioether (sulfide) groups is 1. The van der Waals surface area contributed by atoms with Gasteiger partial charge in [-0.15, -0.1) is 0 Å². The smallest absolute Gasteiger partial charge is 0.342 e. The Balaban J connectivity index is 1.66. The number of rotatable bonds is 5. The first kappa shape index (κ1) is 17.7. The van der Waals surface area contributed by atoms with Crippen molar-refractivity contribution in [2.45, 2.75) is 17.2 Å². The maximum absolute atomic E-state index is 12.1. The van der Waals surface area contributed by atoms with Crippen molar-refractivity contribution in [3.8, 4) is 0 Å². The number of amides is 1. The fourth-order valence-electron chi connectivity index (χ4n) is 2.37. The summed E-state index contributed by atoms with van der Waals surface area (Å²) in [4.78, 5) is 36.7. The Kier molecular flexibility index (Phi) is 5.03. The van der Waals surface area contributed by atoms with Crippen LogP contribution < -0.4 is 16.7 Å². The topological polar surface area (TPSA) is 125 Å². The fourth-order valence-corrected chi connectivity index (χ4v) is 3.12. The van der Waals surface area contributed by atoms with Gasteiger partial charge in [-0.25, -0.2) is 15.3 Å². The van der Waals surface area contributed by atoms with Gasteiger partial charge in [0.1, 0.15) is 0 Å². The normalized spacial score (nSPS) is 12.5. The minimum atomic E-state index is -0.698. The van der Waals surface area contributed by atoms with Crippen molar-refractivity contribution in [1.82, 2.24) is 25.2 Å². The molecule has 0 spiro atoms. The first-order chi connectivity index (χ1) is 12.5. The number of aromatic amines is 2. The Morgan fingerprint density at radius 2 is 2.15 bits per heavy atom. The number of hydrazone groups is 1. The Hall–Kier alpha value is -3.14. The van der Waals surface area contributed by atoms with E-state index in [-0.39, 0.29) is 10.9 Å². The van der Waals surface area contributed by atoms with Crippen LogP contribution in [0, 0.1) is 0 Å². The lowest BCUT2D eigenvalue weighted by Gasteiger charge is -2.07. The lowest BCUT2D eigenvalue weighted by Crippen LogP contribution is -2.30. The van der Waals surface area contributed by atoms with Crippen molar-refractivity contribution in [2.24, 2.45) is 12.1 Å². The van der Waals surface area contributed by atoms with Crippen LogP contribution in [0.5, 0.6) is 0 Å². The van der Waals surface area contributed by atoms with Gasteiger partial charge in [0.2, 0.25) is 0 Å². The Labute approximate surface area is 151 Å². The molecule has 3 N–H and O–H groups in total. The van der Waals surface area contributed by atoms with Crippen LogP contribution in [0.3, 0.4) is 0 Å². The van der Waals surface area contributed by atoms with E-state index in [4.69, 9.17) is 0 Å². The Morgan fingerprint density at radius 1 is 1.38 bits per heavy atom. The summed E-state index contributed by atoms with van der Waals surface area (Å²) in [6.45, 7) is 1.61. The van der Waals surface area contributed by atoms with E-state index in [1.165, 1.54) is 0 Å². The summed E-state index contributed by atoms with van der Waals surface area (Å²) in [5.41, 5.74) is 3.05. The predicted octanol–water partition coefficient (Wildman–Crippen LogP) is 0.581. The predicted molar refractivity (Wildman–Crippen MR) is 99.5 cm³/mol. The van der Waals surface area contributed by atoms with Gasteiger partial charge in [0.15, 0.2) is 5.03 Å². The number of carbonyl (C=O) groups is 1. The van der Waals surface area contributed by atoms with Gasteiger partial charge >= 0.3 is 5.69 Å². The molecule has 10 heteroatoms. The molecule has 0 aliphatic heterocycles. The van der Waals surface area contributed by atoms with Crippen LogP contribution >= 0.6 is 11.8 Å². The number of benzene rings is 1. The van der Waals surface area contributed by atoms with Crippen LogP contribution in [0.25, 0.3) is 10.9 Å². The van der Waals surface area contributed by atoms with E-state index in [1.54, 1.807) is 13.1 Å². The summed E-state index contributed by atoms with van der Waals surface area (Å²) in [5.74, 6) is -0.390. The van der Waals surface area contributed by atoms with Crippen LogP contribution in [-0.4, -0.2) is 37.1 Å². The minimum absolute atomic E-state index is 0.00489. The number of carbonyl (C=O) groups excluding carboxylic acids is 1. The van der Waals surface area contributed by atoms with Crippen molar-refractivity contribution in [1.29, 1.82) is 0 Å². The fraction of sp³-hybridized carbons (Fsp3) is 0.188. The highest BCUT2D eigenvalue weighted by atomic mass is 32.2. The van der Waals surface area contributed by atoms with Gasteiger partial charge in [-0.05, 0) is 13.0 Å². The summed E-state index contributed by atoms with van der Waals surface area (Å²) >= 11 is 0.925. The second-order valence-corrected chi connectivity index (χ2v) is 6.85. The molecule has 134 valence electrons. The van der Waals surface area contributed by atoms with E-state index in [0.717, 1.165) is 28.2 Å². The monoisotopic (exact) mass is 372 g/mol. The molecule has 1 aromatic carbocycles. The maximum atomic E-state index is 12.1. The highest BCUT2D eigenvalue weighted by Gasteiger charge is 2.17. The number of H-pyrrole nitrogens is 2. The number of nitrogens with one attached hydrogen (secondary N) is 3. The summed E-state index contributed by atoms with van der Waals surface area (Å²) < 4.78 is 1.98. The standard InChI is InChI=1S/C16H16N6O3S/c1-9(26-15-14(24)18-16(25)21-20-15)13(23)19-17-7-10-8-22(2)12-6-4-3-5-11(10)12/h3-9H,1-2H3,(H,19,23)(H2,18,21,24,25)/b17-7+. The lowest BCUT2D eigenvalue weighted by molar-refractivity contribution is -0.120. The SMILES string of the molecule is CC(Sc1n[nH]c(=O)[nH]c1=O)C(=O)N/N=C/c1cn(C)c2ccccc12. The molecule has 0 saturated heterocycles. The average Bonchev–Trinajstić information content (AvgIpc) is 2.94. The minimum Gasteiger partial charge on any atom is -0.350 e. The molecule has 0 radical (unpaired) electrons. The van der Waals surface area contributed by atoms with Crippen LogP contribution in [0.2, 0.25) is 0 Å². The summed E-state index contributed by atoms with van der Waals surface area (Å²) in [6.07, 6.45) is 3.49. The van der Waals surface area contributed by atoms with E-state index in [2.05, 4.69) is 25.7 Å². The summed E-state index contributed by atoms with van der Waals surface area (Å²) in [7, 11) is 1.94. The van der Waals surface area contributed by atoms with Gasteiger partial charge in [0, 0.05) is 29.7 Å². The molecule has 0 aliphatic carbocycles. The highest BCUT2D eigenvalue weighted by Crippen LogP contribution is 2.19. The number of para-hydroxylation sites is 1. The second kappa shape index (κ2) is 7.40. The molecule has 3 aromatic rings.